The predicted octanol–water partition coefficient (Wildman–Crippen LogP) is 2.41. The topological polar surface area (TPSA) is 96.6 Å². The Balaban J connectivity index is 1.49. The molecular formula is C23H22N4O4. The van der Waals surface area contributed by atoms with Gasteiger partial charge in [0.1, 0.15) is 0 Å². The number of amides is 2. The number of nitrogens with zero attached hydrogens (tertiary/aromatic N) is 2. The van der Waals surface area contributed by atoms with Crippen molar-refractivity contribution in [3.8, 4) is 11.5 Å². The molecule has 0 radical (unpaired) electrons. The standard InChI is InChI=1S/C23H22N4O4/c1-27-21(14-6-7-18-19(10-14)31-13-30-18)20(16-4-2-3-5-17(16)23(27)29)22(28)25-9-8-15-11-24-12-26-15/h2-7,10-12,20-21H,8-9,13H2,1H3,(H,24,26)(H,25,28)/t20-,21-/m0/s1. The van der Waals surface area contributed by atoms with Crippen molar-refractivity contribution in [1.82, 2.24) is 20.2 Å². The molecule has 2 aliphatic rings. The molecule has 2 N–H and O–H groups in total. The molecule has 0 aliphatic carbocycles. The largest absolute Gasteiger partial charge is 0.454 e. The molecule has 0 fully saturated rings. The maximum atomic E-state index is 13.4. The zero-order valence-corrected chi connectivity index (χ0v) is 17.0. The second kappa shape index (κ2) is 7.79. The molecule has 31 heavy (non-hydrogen) atoms. The van der Waals surface area contributed by atoms with Crippen LogP contribution in [0.15, 0.2) is 55.0 Å². The number of imidazole rings is 1. The summed E-state index contributed by atoms with van der Waals surface area (Å²) in [4.78, 5) is 35.2. The van der Waals surface area contributed by atoms with Crippen LogP contribution in [0.25, 0.3) is 0 Å². The fourth-order valence-electron chi connectivity index (χ4n) is 4.32. The molecule has 0 spiro atoms. The number of likely N-dealkylation sites (N-methyl/N-ethyl adjacent to an activating group) is 1. The number of ether oxygens (including phenoxy) is 2. The van der Waals surface area contributed by atoms with Crippen molar-refractivity contribution in [3.05, 3.63) is 77.4 Å². The van der Waals surface area contributed by atoms with Gasteiger partial charge in [0.15, 0.2) is 11.5 Å². The maximum absolute atomic E-state index is 13.4. The van der Waals surface area contributed by atoms with E-state index in [1.807, 2.05) is 36.4 Å². The van der Waals surface area contributed by atoms with Gasteiger partial charge in [-0.15, -0.1) is 0 Å². The normalized spacial score (nSPS) is 19.3. The molecule has 2 aromatic carbocycles. The van der Waals surface area contributed by atoms with Crippen molar-refractivity contribution in [3.63, 3.8) is 0 Å². The van der Waals surface area contributed by atoms with E-state index in [2.05, 4.69) is 15.3 Å². The Morgan fingerprint density at radius 3 is 2.90 bits per heavy atom. The van der Waals surface area contributed by atoms with Crippen LogP contribution in [0.3, 0.4) is 0 Å². The molecule has 3 aromatic rings. The van der Waals surface area contributed by atoms with Gasteiger partial charge < -0.3 is 24.7 Å². The van der Waals surface area contributed by atoms with Crippen molar-refractivity contribution in [2.45, 2.75) is 18.4 Å². The van der Waals surface area contributed by atoms with Crippen molar-refractivity contribution in [2.24, 2.45) is 0 Å². The van der Waals surface area contributed by atoms with Crippen LogP contribution in [0, 0.1) is 0 Å². The zero-order chi connectivity index (χ0) is 21.4. The predicted molar refractivity (Wildman–Crippen MR) is 112 cm³/mol. The number of H-pyrrole nitrogens is 1. The number of hydrogen-bond donors (Lipinski definition) is 2. The van der Waals surface area contributed by atoms with Crippen molar-refractivity contribution in [2.75, 3.05) is 20.4 Å². The van der Waals surface area contributed by atoms with Crippen molar-refractivity contribution in [1.29, 1.82) is 0 Å². The van der Waals surface area contributed by atoms with Gasteiger partial charge in [-0.25, -0.2) is 4.98 Å². The van der Waals surface area contributed by atoms with Crippen molar-refractivity contribution < 1.29 is 19.1 Å². The van der Waals surface area contributed by atoms with E-state index in [0.717, 1.165) is 16.8 Å². The number of carbonyl (C=O) groups is 2. The second-order valence-corrected chi connectivity index (χ2v) is 7.66. The van der Waals surface area contributed by atoms with Gasteiger partial charge in [0.2, 0.25) is 12.7 Å². The van der Waals surface area contributed by atoms with Gasteiger partial charge in [0.05, 0.1) is 18.3 Å². The quantitative estimate of drug-likeness (QED) is 0.663. The summed E-state index contributed by atoms with van der Waals surface area (Å²) in [5, 5.41) is 3.04. The zero-order valence-electron chi connectivity index (χ0n) is 17.0. The third-order valence-corrected chi connectivity index (χ3v) is 5.85. The van der Waals surface area contributed by atoms with Crippen LogP contribution in [0.4, 0.5) is 0 Å². The first-order valence-electron chi connectivity index (χ1n) is 10.1. The summed E-state index contributed by atoms with van der Waals surface area (Å²) in [5.74, 6) is 0.486. The first kappa shape index (κ1) is 19.2. The minimum atomic E-state index is -0.555. The Morgan fingerprint density at radius 2 is 2.06 bits per heavy atom. The van der Waals surface area contributed by atoms with Crippen LogP contribution < -0.4 is 14.8 Å². The van der Waals surface area contributed by atoms with Crippen LogP contribution in [0.1, 0.15) is 39.1 Å². The van der Waals surface area contributed by atoms with Gasteiger partial charge in [-0.2, -0.15) is 0 Å². The molecule has 2 aliphatic heterocycles. The lowest BCUT2D eigenvalue weighted by Gasteiger charge is -2.39. The minimum Gasteiger partial charge on any atom is -0.454 e. The molecular weight excluding hydrogens is 396 g/mol. The summed E-state index contributed by atoms with van der Waals surface area (Å²) in [6.45, 7) is 0.629. The summed E-state index contributed by atoms with van der Waals surface area (Å²) in [6, 6.07) is 12.4. The third kappa shape index (κ3) is 3.39. The Kier molecular flexibility index (Phi) is 4.82. The molecule has 0 saturated heterocycles. The highest BCUT2D eigenvalue weighted by molar-refractivity contribution is 6.01. The molecule has 2 amide bonds. The summed E-state index contributed by atoms with van der Waals surface area (Å²) < 4.78 is 10.9. The van der Waals surface area contributed by atoms with Crippen LogP contribution in [-0.4, -0.2) is 47.1 Å². The average Bonchev–Trinajstić information content (AvgIpc) is 3.47. The van der Waals surface area contributed by atoms with Gasteiger partial charge in [-0.1, -0.05) is 24.3 Å². The number of fused-ring (bicyclic) bond motifs is 2. The average molecular weight is 418 g/mol. The van der Waals surface area contributed by atoms with Crippen LogP contribution in [0.5, 0.6) is 11.5 Å². The lowest BCUT2D eigenvalue weighted by molar-refractivity contribution is -0.124. The van der Waals surface area contributed by atoms with E-state index < -0.39 is 12.0 Å². The van der Waals surface area contributed by atoms with E-state index in [9.17, 15) is 9.59 Å². The molecule has 158 valence electrons. The molecule has 8 heteroatoms. The Hall–Kier alpha value is -3.81. The van der Waals surface area contributed by atoms with E-state index >= 15 is 0 Å². The molecule has 1 aromatic heterocycles. The van der Waals surface area contributed by atoms with E-state index in [-0.39, 0.29) is 18.6 Å². The van der Waals surface area contributed by atoms with E-state index in [0.29, 0.717) is 30.0 Å². The number of hydrogen-bond acceptors (Lipinski definition) is 5. The summed E-state index contributed by atoms with van der Waals surface area (Å²) in [7, 11) is 1.73. The fraction of sp³-hybridized carbons (Fsp3) is 0.261. The molecule has 2 atom stereocenters. The van der Waals surface area contributed by atoms with Gasteiger partial charge >= 0.3 is 0 Å². The first-order chi connectivity index (χ1) is 15.1. The van der Waals surface area contributed by atoms with Gasteiger partial charge in [-0.05, 0) is 29.3 Å². The summed E-state index contributed by atoms with van der Waals surface area (Å²) in [5.41, 5.74) is 3.05. The van der Waals surface area contributed by atoms with Gasteiger partial charge in [0, 0.05) is 37.5 Å². The van der Waals surface area contributed by atoms with Crippen LogP contribution in [0.2, 0.25) is 0 Å². The third-order valence-electron chi connectivity index (χ3n) is 5.85. The Bertz CT molecular complexity index is 1130. The monoisotopic (exact) mass is 418 g/mol. The van der Waals surface area contributed by atoms with Gasteiger partial charge in [0.25, 0.3) is 5.91 Å². The summed E-state index contributed by atoms with van der Waals surface area (Å²) >= 11 is 0. The molecule has 0 saturated carbocycles. The minimum absolute atomic E-state index is 0.111. The van der Waals surface area contributed by atoms with Gasteiger partial charge in [-0.3, -0.25) is 9.59 Å². The van der Waals surface area contributed by atoms with Crippen molar-refractivity contribution >= 4 is 11.8 Å². The SMILES string of the molecule is CN1C(=O)c2ccccc2[C@H](C(=O)NCCc2cnc[nH]2)[C@@H]1c1ccc2c(c1)OCO2. The molecule has 8 nitrogen and oxygen atoms in total. The molecule has 0 bridgehead atoms. The lowest BCUT2D eigenvalue weighted by Crippen LogP contribution is -2.46. The number of rotatable bonds is 5. The molecule has 5 rings (SSSR count). The van der Waals surface area contributed by atoms with E-state index in [4.69, 9.17) is 9.47 Å². The highest BCUT2D eigenvalue weighted by atomic mass is 16.7. The number of carbonyl (C=O) groups excluding carboxylic acids is 2. The number of nitrogens with one attached hydrogen (secondary N) is 2. The highest BCUT2D eigenvalue weighted by Crippen LogP contribution is 2.44. The lowest BCUT2D eigenvalue weighted by atomic mass is 9.79. The Labute approximate surface area is 179 Å². The second-order valence-electron chi connectivity index (χ2n) is 7.66. The molecule has 3 heterocycles. The first-order valence-corrected chi connectivity index (χ1v) is 10.1. The fourth-order valence-corrected chi connectivity index (χ4v) is 4.32. The van der Waals surface area contributed by atoms with Crippen LogP contribution in [-0.2, 0) is 11.2 Å². The smallest absolute Gasteiger partial charge is 0.254 e. The number of aromatic amines is 1. The van der Waals surface area contributed by atoms with E-state index in [1.54, 1.807) is 30.5 Å². The summed E-state index contributed by atoms with van der Waals surface area (Å²) in [6.07, 6.45) is 4.00. The van der Waals surface area contributed by atoms with E-state index in [1.165, 1.54) is 0 Å². The maximum Gasteiger partial charge on any atom is 0.254 e. The number of aromatic nitrogens is 2. The van der Waals surface area contributed by atoms with Crippen LogP contribution >= 0.6 is 0 Å². The molecule has 0 unspecified atom stereocenters. The Morgan fingerprint density at radius 1 is 1.23 bits per heavy atom. The highest BCUT2D eigenvalue weighted by Gasteiger charge is 2.42. The number of benzene rings is 2.